The molecule has 2 N–H and O–H groups in total. The molecular formula is C16H17N3O2. The molecule has 2 aromatic rings. The number of hydrogen-bond donors (Lipinski definition) is 2. The van der Waals surface area contributed by atoms with E-state index in [0.717, 1.165) is 6.42 Å². The first-order chi connectivity index (χ1) is 10.2. The van der Waals surface area contributed by atoms with Gasteiger partial charge < -0.3 is 10.4 Å². The Kier molecular flexibility index (Phi) is 5.04. The predicted molar refractivity (Wildman–Crippen MR) is 81.3 cm³/mol. The van der Waals surface area contributed by atoms with E-state index in [4.69, 9.17) is 0 Å². The van der Waals surface area contributed by atoms with Gasteiger partial charge in [-0.15, -0.1) is 0 Å². The number of rotatable bonds is 5. The van der Waals surface area contributed by atoms with Crippen LogP contribution in [0, 0.1) is 0 Å². The Bertz CT molecular complexity index is 619. The lowest BCUT2D eigenvalue weighted by Gasteiger charge is -2.03. The third-order valence-corrected chi connectivity index (χ3v) is 2.80. The molecule has 0 bridgehead atoms. The highest BCUT2D eigenvalue weighted by atomic mass is 16.3. The van der Waals surface area contributed by atoms with Crippen LogP contribution >= 0.6 is 0 Å². The fourth-order valence-electron chi connectivity index (χ4n) is 1.65. The average molecular weight is 283 g/mol. The zero-order valence-electron chi connectivity index (χ0n) is 11.8. The second-order valence-electron chi connectivity index (χ2n) is 4.52. The van der Waals surface area contributed by atoms with Crippen molar-refractivity contribution in [2.24, 2.45) is 10.2 Å². The first kappa shape index (κ1) is 14.7. The Morgan fingerprint density at radius 1 is 1.00 bits per heavy atom. The van der Waals surface area contributed by atoms with Gasteiger partial charge >= 0.3 is 0 Å². The summed E-state index contributed by atoms with van der Waals surface area (Å²) in [7, 11) is 0. The standard InChI is InChI=1S/C16H17N3O2/c1-2-11-17-16(21)12-3-5-13(6-4-12)18-19-14-7-9-15(20)10-8-14/h3-10,20H,2,11H2,1H3,(H,17,21). The summed E-state index contributed by atoms with van der Waals surface area (Å²) in [5.41, 5.74) is 1.92. The number of azo groups is 1. The van der Waals surface area contributed by atoms with Gasteiger partial charge in [-0.2, -0.15) is 10.2 Å². The second-order valence-corrected chi connectivity index (χ2v) is 4.52. The highest BCUT2D eigenvalue weighted by Gasteiger charge is 2.03. The molecule has 0 saturated heterocycles. The van der Waals surface area contributed by atoms with E-state index in [2.05, 4.69) is 15.5 Å². The average Bonchev–Trinajstić information content (AvgIpc) is 2.52. The summed E-state index contributed by atoms with van der Waals surface area (Å²) in [4.78, 5) is 11.7. The van der Waals surface area contributed by atoms with Crippen LogP contribution in [0.3, 0.4) is 0 Å². The van der Waals surface area contributed by atoms with E-state index < -0.39 is 0 Å². The Labute approximate surface area is 123 Å². The summed E-state index contributed by atoms with van der Waals surface area (Å²) in [6, 6.07) is 13.4. The molecule has 5 nitrogen and oxygen atoms in total. The number of nitrogens with zero attached hydrogens (tertiary/aromatic N) is 2. The lowest BCUT2D eigenvalue weighted by atomic mass is 10.2. The fourth-order valence-corrected chi connectivity index (χ4v) is 1.65. The fraction of sp³-hybridized carbons (Fsp3) is 0.188. The molecule has 2 aromatic carbocycles. The van der Waals surface area contributed by atoms with Crippen molar-refractivity contribution >= 4 is 17.3 Å². The normalized spacial score (nSPS) is 10.7. The van der Waals surface area contributed by atoms with Crippen molar-refractivity contribution in [1.82, 2.24) is 5.32 Å². The monoisotopic (exact) mass is 283 g/mol. The largest absolute Gasteiger partial charge is 0.508 e. The van der Waals surface area contributed by atoms with E-state index in [-0.39, 0.29) is 11.7 Å². The van der Waals surface area contributed by atoms with Gasteiger partial charge in [0.05, 0.1) is 11.4 Å². The van der Waals surface area contributed by atoms with Gasteiger partial charge in [0.2, 0.25) is 0 Å². The molecule has 0 heterocycles. The topological polar surface area (TPSA) is 74.0 Å². The highest BCUT2D eigenvalue weighted by Crippen LogP contribution is 2.20. The van der Waals surface area contributed by atoms with Gasteiger partial charge in [-0.25, -0.2) is 0 Å². The van der Waals surface area contributed by atoms with E-state index in [9.17, 15) is 9.90 Å². The number of carbonyl (C=O) groups excluding carboxylic acids is 1. The van der Waals surface area contributed by atoms with E-state index in [1.807, 2.05) is 6.92 Å². The number of benzene rings is 2. The highest BCUT2D eigenvalue weighted by molar-refractivity contribution is 5.94. The minimum Gasteiger partial charge on any atom is -0.508 e. The number of hydrogen-bond acceptors (Lipinski definition) is 4. The molecule has 0 fully saturated rings. The molecule has 5 heteroatoms. The number of nitrogens with one attached hydrogen (secondary N) is 1. The van der Waals surface area contributed by atoms with E-state index in [1.165, 1.54) is 0 Å². The first-order valence-corrected chi connectivity index (χ1v) is 6.78. The van der Waals surface area contributed by atoms with Crippen molar-refractivity contribution in [3.05, 3.63) is 54.1 Å². The molecular weight excluding hydrogens is 266 g/mol. The molecule has 0 saturated carbocycles. The Morgan fingerprint density at radius 3 is 2.05 bits per heavy atom. The molecule has 0 aliphatic heterocycles. The van der Waals surface area contributed by atoms with Gasteiger partial charge in [0, 0.05) is 12.1 Å². The lowest BCUT2D eigenvalue weighted by Crippen LogP contribution is -2.23. The first-order valence-electron chi connectivity index (χ1n) is 6.78. The molecule has 21 heavy (non-hydrogen) atoms. The maximum absolute atomic E-state index is 11.7. The van der Waals surface area contributed by atoms with E-state index in [1.54, 1.807) is 48.5 Å². The van der Waals surface area contributed by atoms with E-state index in [0.29, 0.717) is 23.5 Å². The van der Waals surface area contributed by atoms with Gasteiger partial charge in [0.1, 0.15) is 5.75 Å². The molecule has 0 aliphatic carbocycles. The Morgan fingerprint density at radius 2 is 1.52 bits per heavy atom. The van der Waals surface area contributed by atoms with Gasteiger partial charge in [-0.1, -0.05) is 6.92 Å². The Hall–Kier alpha value is -2.69. The van der Waals surface area contributed by atoms with Crippen molar-refractivity contribution < 1.29 is 9.90 Å². The molecule has 0 aromatic heterocycles. The van der Waals surface area contributed by atoms with Crippen LogP contribution in [0.2, 0.25) is 0 Å². The van der Waals surface area contributed by atoms with Crippen molar-refractivity contribution in [2.75, 3.05) is 6.54 Å². The zero-order chi connectivity index (χ0) is 15.1. The van der Waals surface area contributed by atoms with Crippen LogP contribution < -0.4 is 5.32 Å². The van der Waals surface area contributed by atoms with Crippen LogP contribution in [0.25, 0.3) is 0 Å². The summed E-state index contributed by atoms with van der Waals surface area (Å²) in [5, 5.41) is 20.1. The van der Waals surface area contributed by atoms with Crippen LogP contribution in [-0.2, 0) is 0 Å². The quantitative estimate of drug-likeness (QED) is 0.815. The lowest BCUT2D eigenvalue weighted by molar-refractivity contribution is 0.0953. The number of amides is 1. The molecule has 0 atom stereocenters. The van der Waals surface area contributed by atoms with Crippen molar-refractivity contribution in [1.29, 1.82) is 0 Å². The third-order valence-electron chi connectivity index (χ3n) is 2.80. The van der Waals surface area contributed by atoms with Crippen LogP contribution in [0.15, 0.2) is 58.8 Å². The zero-order valence-corrected chi connectivity index (χ0v) is 11.8. The third kappa shape index (κ3) is 4.42. The molecule has 0 unspecified atom stereocenters. The molecule has 108 valence electrons. The summed E-state index contributed by atoms with van der Waals surface area (Å²) in [6.07, 6.45) is 0.907. The molecule has 1 amide bonds. The van der Waals surface area contributed by atoms with Gasteiger partial charge in [-0.05, 0) is 55.0 Å². The Balaban J connectivity index is 2.02. The van der Waals surface area contributed by atoms with Gasteiger partial charge in [0.15, 0.2) is 0 Å². The number of aromatic hydroxyl groups is 1. The van der Waals surface area contributed by atoms with Crippen LogP contribution in [0.5, 0.6) is 5.75 Å². The second kappa shape index (κ2) is 7.19. The molecule has 0 aliphatic rings. The molecule has 2 rings (SSSR count). The minimum atomic E-state index is -0.0844. The molecule has 0 radical (unpaired) electrons. The number of carbonyl (C=O) groups is 1. The number of phenolic OH excluding ortho intramolecular Hbond substituents is 1. The predicted octanol–water partition coefficient (Wildman–Crippen LogP) is 3.95. The van der Waals surface area contributed by atoms with Crippen molar-refractivity contribution in [3.63, 3.8) is 0 Å². The van der Waals surface area contributed by atoms with Gasteiger partial charge in [-0.3, -0.25) is 4.79 Å². The number of phenols is 1. The summed E-state index contributed by atoms with van der Waals surface area (Å²) >= 11 is 0. The smallest absolute Gasteiger partial charge is 0.251 e. The minimum absolute atomic E-state index is 0.0844. The summed E-state index contributed by atoms with van der Waals surface area (Å²) < 4.78 is 0. The van der Waals surface area contributed by atoms with Crippen LogP contribution in [0.1, 0.15) is 23.7 Å². The van der Waals surface area contributed by atoms with Crippen LogP contribution in [-0.4, -0.2) is 17.6 Å². The van der Waals surface area contributed by atoms with E-state index >= 15 is 0 Å². The maximum Gasteiger partial charge on any atom is 0.251 e. The van der Waals surface area contributed by atoms with Crippen LogP contribution in [0.4, 0.5) is 11.4 Å². The summed E-state index contributed by atoms with van der Waals surface area (Å²) in [5.74, 6) is 0.107. The summed E-state index contributed by atoms with van der Waals surface area (Å²) in [6.45, 7) is 2.67. The SMILES string of the molecule is CCCNC(=O)c1ccc(N=Nc2ccc(O)cc2)cc1. The van der Waals surface area contributed by atoms with Gasteiger partial charge in [0.25, 0.3) is 5.91 Å². The van der Waals surface area contributed by atoms with Crippen molar-refractivity contribution in [2.45, 2.75) is 13.3 Å². The maximum atomic E-state index is 11.7. The molecule has 0 spiro atoms. The van der Waals surface area contributed by atoms with Crippen molar-refractivity contribution in [3.8, 4) is 5.75 Å².